The molecule has 0 aliphatic rings. The molecule has 8 heteroatoms. The summed E-state index contributed by atoms with van der Waals surface area (Å²) in [5, 5.41) is 17.8. The highest BCUT2D eigenvalue weighted by Gasteiger charge is 2.21. The van der Waals surface area contributed by atoms with E-state index >= 15 is 0 Å². The molecule has 0 fully saturated rings. The predicted molar refractivity (Wildman–Crippen MR) is 70.1 cm³/mol. The third-order valence-corrected chi connectivity index (χ3v) is 2.80. The molecule has 8 nitrogen and oxygen atoms in total. The van der Waals surface area contributed by atoms with Crippen LogP contribution in [0.25, 0.3) is 0 Å². The number of rotatable bonds is 7. The van der Waals surface area contributed by atoms with Crippen LogP contribution < -0.4 is 10.6 Å². The number of aryl methyl sites for hydroxylation is 1. The lowest BCUT2D eigenvalue weighted by molar-refractivity contribution is -0.142. The Bertz CT molecular complexity index is 458. The van der Waals surface area contributed by atoms with Crippen molar-refractivity contribution >= 4 is 12.0 Å². The van der Waals surface area contributed by atoms with E-state index in [1.54, 1.807) is 20.8 Å². The first-order valence-electron chi connectivity index (χ1n) is 6.43. The second-order valence-corrected chi connectivity index (χ2v) is 4.81. The van der Waals surface area contributed by atoms with Crippen LogP contribution in [-0.2, 0) is 11.2 Å². The molecule has 0 bridgehead atoms. The fourth-order valence-corrected chi connectivity index (χ4v) is 1.60. The van der Waals surface area contributed by atoms with Gasteiger partial charge in [0.25, 0.3) is 0 Å². The lowest BCUT2D eigenvalue weighted by Gasteiger charge is -2.16. The summed E-state index contributed by atoms with van der Waals surface area (Å²) in [6, 6.07) is -0.409. The van der Waals surface area contributed by atoms with Gasteiger partial charge in [0.2, 0.25) is 5.89 Å². The number of aliphatic carboxylic acids is 1. The van der Waals surface area contributed by atoms with Gasteiger partial charge in [-0.15, -0.1) is 0 Å². The summed E-state index contributed by atoms with van der Waals surface area (Å²) >= 11 is 0. The number of urea groups is 1. The minimum absolute atomic E-state index is 0.0471. The number of hydrogen-bond donors (Lipinski definition) is 3. The Kier molecular flexibility index (Phi) is 5.95. The van der Waals surface area contributed by atoms with Gasteiger partial charge in [0.15, 0.2) is 5.82 Å². The van der Waals surface area contributed by atoms with Gasteiger partial charge in [-0.1, -0.05) is 19.0 Å². The minimum Gasteiger partial charge on any atom is -0.481 e. The molecular formula is C12H20N4O4. The van der Waals surface area contributed by atoms with Crippen LogP contribution in [0.1, 0.15) is 25.6 Å². The van der Waals surface area contributed by atoms with Crippen molar-refractivity contribution < 1.29 is 19.2 Å². The van der Waals surface area contributed by atoms with Gasteiger partial charge in [0.05, 0.1) is 5.92 Å². The van der Waals surface area contributed by atoms with E-state index in [1.165, 1.54) is 0 Å². The summed E-state index contributed by atoms with van der Waals surface area (Å²) in [4.78, 5) is 26.5. The van der Waals surface area contributed by atoms with Gasteiger partial charge >= 0.3 is 12.0 Å². The molecule has 1 aromatic rings. The van der Waals surface area contributed by atoms with Crippen molar-refractivity contribution in [1.29, 1.82) is 0 Å². The summed E-state index contributed by atoms with van der Waals surface area (Å²) in [6.45, 7) is 5.75. The predicted octanol–water partition coefficient (Wildman–Crippen LogP) is 0.577. The molecule has 1 rings (SSSR count). The quantitative estimate of drug-likeness (QED) is 0.674. The maximum Gasteiger partial charge on any atom is 0.314 e. The number of carboxylic acid groups (broad SMARTS) is 1. The van der Waals surface area contributed by atoms with Gasteiger partial charge in [-0.05, 0) is 12.8 Å². The SMILES string of the molecule is Cc1noc(CCNC(=O)NCC(C(=O)O)C(C)C)n1. The number of hydrogen-bond acceptors (Lipinski definition) is 5. The largest absolute Gasteiger partial charge is 0.481 e. The van der Waals surface area contributed by atoms with Gasteiger partial charge in [-0.25, -0.2) is 4.79 Å². The topological polar surface area (TPSA) is 117 Å². The zero-order valence-electron chi connectivity index (χ0n) is 11.8. The van der Waals surface area contributed by atoms with Crippen molar-refractivity contribution in [3.8, 4) is 0 Å². The van der Waals surface area contributed by atoms with Crippen LogP contribution >= 0.6 is 0 Å². The van der Waals surface area contributed by atoms with Crippen LogP contribution in [0.2, 0.25) is 0 Å². The maximum absolute atomic E-state index is 11.5. The Hall–Kier alpha value is -2.12. The van der Waals surface area contributed by atoms with Crippen molar-refractivity contribution in [3.05, 3.63) is 11.7 Å². The van der Waals surface area contributed by atoms with E-state index in [1.807, 2.05) is 0 Å². The Morgan fingerprint density at radius 1 is 1.35 bits per heavy atom. The number of nitrogens with zero attached hydrogens (tertiary/aromatic N) is 2. The van der Waals surface area contributed by atoms with E-state index in [0.717, 1.165) is 0 Å². The third kappa shape index (κ3) is 5.25. The van der Waals surface area contributed by atoms with Gasteiger partial charge in [0.1, 0.15) is 0 Å². The summed E-state index contributed by atoms with van der Waals surface area (Å²) < 4.78 is 4.90. The van der Waals surface area contributed by atoms with Crippen LogP contribution in [0.3, 0.4) is 0 Å². The third-order valence-electron chi connectivity index (χ3n) is 2.80. The van der Waals surface area contributed by atoms with E-state index in [-0.39, 0.29) is 12.5 Å². The first-order chi connectivity index (χ1) is 9.40. The number of nitrogens with one attached hydrogen (secondary N) is 2. The molecular weight excluding hydrogens is 264 g/mol. The summed E-state index contributed by atoms with van der Waals surface area (Å²) in [5.41, 5.74) is 0. The van der Waals surface area contributed by atoms with Gasteiger partial charge in [0, 0.05) is 19.5 Å². The molecule has 1 unspecified atom stereocenters. The summed E-state index contributed by atoms with van der Waals surface area (Å²) in [7, 11) is 0. The fraction of sp³-hybridized carbons (Fsp3) is 0.667. The molecule has 1 atom stereocenters. The molecule has 0 spiro atoms. The molecule has 0 saturated carbocycles. The molecule has 3 N–H and O–H groups in total. The Morgan fingerprint density at radius 3 is 2.55 bits per heavy atom. The number of carboxylic acids is 1. The number of carbonyl (C=O) groups excluding carboxylic acids is 1. The average Bonchev–Trinajstić information content (AvgIpc) is 2.74. The lowest BCUT2D eigenvalue weighted by Crippen LogP contribution is -2.41. The number of carbonyl (C=O) groups is 2. The van der Waals surface area contributed by atoms with Crippen LogP contribution in [0.4, 0.5) is 4.79 Å². The zero-order chi connectivity index (χ0) is 15.1. The second-order valence-electron chi connectivity index (χ2n) is 4.81. The van der Waals surface area contributed by atoms with Gasteiger partial charge < -0.3 is 20.3 Å². The smallest absolute Gasteiger partial charge is 0.314 e. The second kappa shape index (κ2) is 7.46. The Morgan fingerprint density at radius 2 is 2.05 bits per heavy atom. The van der Waals surface area contributed by atoms with E-state index in [4.69, 9.17) is 9.63 Å². The van der Waals surface area contributed by atoms with Crippen LogP contribution in [-0.4, -0.2) is 40.3 Å². The van der Waals surface area contributed by atoms with Gasteiger partial charge in [-0.3, -0.25) is 4.79 Å². The van der Waals surface area contributed by atoms with Crippen molar-refractivity contribution in [1.82, 2.24) is 20.8 Å². The Balaban J connectivity index is 2.24. The van der Waals surface area contributed by atoms with Crippen molar-refractivity contribution in [2.45, 2.75) is 27.2 Å². The van der Waals surface area contributed by atoms with Crippen molar-refractivity contribution in [3.63, 3.8) is 0 Å². The highest BCUT2D eigenvalue weighted by Crippen LogP contribution is 2.09. The maximum atomic E-state index is 11.5. The van der Waals surface area contributed by atoms with Crippen molar-refractivity contribution in [2.24, 2.45) is 11.8 Å². The zero-order valence-corrected chi connectivity index (χ0v) is 11.8. The molecule has 112 valence electrons. The first kappa shape index (κ1) is 15.9. The molecule has 0 aromatic carbocycles. The number of amides is 2. The first-order valence-corrected chi connectivity index (χ1v) is 6.43. The Labute approximate surface area is 116 Å². The van der Waals surface area contributed by atoms with Crippen LogP contribution in [0.5, 0.6) is 0 Å². The highest BCUT2D eigenvalue weighted by atomic mass is 16.5. The minimum atomic E-state index is -0.915. The molecule has 2 amide bonds. The molecule has 0 saturated heterocycles. The number of aromatic nitrogens is 2. The van der Waals surface area contributed by atoms with E-state index < -0.39 is 17.9 Å². The van der Waals surface area contributed by atoms with Gasteiger partial charge in [-0.2, -0.15) is 4.98 Å². The molecule has 0 aliphatic carbocycles. The average molecular weight is 284 g/mol. The van der Waals surface area contributed by atoms with E-state index in [2.05, 4.69) is 20.8 Å². The molecule has 0 radical (unpaired) electrons. The van der Waals surface area contributed by atoms with E-state index in [9.17, 15) is 9.59 Å². The van der Waals surface area contributed by atoms with Crippen LogP contribution in [0.15, 0.2) is 4.52 Å². The van der Waals surface area contributed by atoms with E-state index in [0.29, 0.717) is 24.7 Å². The van der Waals surface area contributed by atoms with Crippen molar-refractivity contribution in [2.75, 3.05) is 13.1 Å². The molecule has 0 aliphatic heterocycles. The summed E-state index contributed by atoms with van der Waals surface area (Å²) in [6.07, 6.45) is 0.431. The summed E-state index contributed by atoms with van der Waals surface area (Å²) in [5.74, 6) is -0.561. The fourth-order valence-electron chi connectivity index (χ4n) is 1.60. The highest BCUT2D eigenvalue weighted by molar-refractivity contribution is 5.75. The van der Waals surface area contributed by atoms with Crippen LogP contribution in [0, 0.1) is 18.8 Å². The monoisotopic (exact) mass is 284 g/mol. The molecule has 20 heavy (non-hydrogen) atoms. The standard InChI is InChI=1S/C12H20N4O4/c1-7(2)9(11(17)18)6-14-12(19)13-5-4-10-15-8(3)16-20-10/h7,9H,4-6H2,1-3H3,(H,17,18)(H2,13,14,19). The lowest BCUT2D eigenvalue weighted by atomic mass is 9.96. The molecule has 1 aromatic heterocycles. The molecule has 1 heterocycles. The normalized spacial score (nSPS) is 12.2.